The fourth-order valence-corrected chi connectivity index (χ4v) is 3.35. The zero-order chi connectivity index (χ0) is 17.8. The van der Waals surface area contributed by atoms with Gasteiger partial charge < -0.3 is 9.84 Å². The summed E-state index contributed by atoms with van der Waals surface area (Å²) in [5, 5.41) is 6.77. The van der Waals surface area contributed by atoms with E-state index in [1.165, 1.54) is 17.3 Å². The molecule has 1 aromatic heterocycles. The molecule has 0 bridgehead atoms. The van der Waals surface area contributed by atoms with Crippen LogP contribution in [-0.4, -0.2) is 16.0 Å². The molecule has 128 valence electrons. The number of hydrogen-bond acceptors (Lipinski definition) is 5. The second kappa shape index (κ2) is 7.53. The lowest BCUT2D eigenvalue weighted by Crippen LogP contribution is -2.13. The summed E-state index contributed by atoms with van der Waals surface area (Å²) in [6, 6.07) is 13.5. The van der Waals surface area contributed by atoms with E-state index in [9.17, 15) is 4.79 Å². The minimum absolute atomic E-state index is 0.128. The van der Waals surface area contributed by atoms with Crippen LogP contribution in [0.4, 0.5) is 5.69 Å². The van der Waals surface area contributed by atoms with Crippen LogP contribution in [0.15, 0.2) is 51.9 Å². The summed E-state index contributed by atoms with van der Waals surface area (Å²) >= 11 is 1.50. The molecule has 0 aliphatic rings. The maximum Gasteiger partial charge on any atom is 0.256 e. The van der Waals surface area contributed by atoms with E-state index in [0.717, 1.165) is 16.1 Å². The van der Waals surface area contributed by atoms with Gasteiger partial charge in [0.2, 0.25) is 5.89 Å². The quantitative estimate of drug-likeness (QED) is 0.682. The van der Waals surface area contributed by atoms with Gasteiger partial charge >= 0.3 is 0 Å². The van der Waals surface area contributed by atoms with Gasteiger partial charge in [-0.15, -0.1) is 11.8 Å². The number of amides is 1. The first-order valence-corrected chi connectivity index (χ1v) is 8.91. The Hall–Kier alpha value is -2.60. The SMILES string of the molecule is Cc1ccc(NC(=O)c2ccccc2SCc2nc(C)no2)c(C)c1. The van der Waals surface area contributed by atoms with Crippen molar-refractivity contribution in [3.8, 4) is 0 Å². The molecule has 0 saturated heterocycles. The summed E-state index contributed by atoms with van der Waals surface area (Å²) in [7, 11) is 0. The van der Waals surface area contributed by atoms with Gasteiger partial charge in [0.15, 0.2) is 5.82 Å². The Morgan fingerprint density at radius 2 is 1.96 bits per heavy atom. The van der Waals surface area contributed by atoms with Crippen LogP contribution in [0.2, 0.25) is 0 Å². The van der Waals surface area contributed by atoms with Crippen molar-refractivity contribution >= 4 is 23.4 Å². The summed E-state index contributed by atoms with van der Waals surface area (Å²) in [5.74, 6) is 1.55. The third-order valence-electron chi connectivity index (χ3n) is 3.68. The first-order chi connectivity index (χ1) is 12.0. The predicted molar refractivity (Wildman–Crippen MR) is 98.9 cm³/mol. The van der Waals surface area contributed by atoms with Crippen LogP contribution < -0.4 is 5.32 Å². The summed E-state index contributed by atoms with van der Waals surface area (Å²) in [6.45, 7) is 5.80. The molecule has 0 spiro atoms. The highest BCUT2D eigenvalue weighted by molar-refractivity contribution is 7.98. The summed E-state index contributed by atoms with van der Waals surface area (Å²) in [5.41, 5.74) is 3.66. The smallest absolute Gasteiger partial charge is 0.256 e. The van der Waals surface area contributed by atoms with Crippen LogP contribution in [-0.2, 0) is 5.75 Å². The number of carbonyl (C=O) groups excluding carboxylic acids is 1. The van der Waals surface area contributed by atoms with Crippen molar-refractivity contribution in [2.24, 2.45) is 0 Å². The molecular weight excluding hydrogens is 334 g/mol. The summed E-state index contributed by atoms with van der Waals surface area (Å²) < 4.78 is 5.13. The van der Waals surface area contributed by atoms with Gasteiger partial charge in [-0.05, 0) is 44.5 Å². The van der Waals surface area contributed by atoms with E-state index >= 15 is 0 Å². The number of rotatable bonds is 5. The van der Waals surface area contributed by atoms with Crippen LogP contribution in [0.25, 0.3) is 0 Å². The van der Waals surface area contributed by atoms with Crippen LogP contribution in [0, 0.1) is 20.8 Å². The zero-order valence-corrected chi connectivity index (χ0v) is 15.2. The monoisotopic (exact) mass is 353 g/mol. The van der Waals surface area contributed by atoms with Crippen LogP contribution >= 0.6 is 11.8 Å². The minimum Gasteiger partial charge on any atom is -0.338 e. The zero-order valence-electron chi connectivity index (χ0n) is 14.4. The number of carbonyl (C=O) groups is 1. The molecule has 2 aromatic carbocycles. The van der Waals surface area contributed by atoms with Gasteiger partial charge in [-0.25, -0.2) is 0 Å². The van der Waals surface area contributed by atoms with Crippen molar-refractivity contribution in [2.75, 3.05) is 5.32 Å². The van der Waals surface area contributed by atoms with Gasteiger partial charge in [-0.3, -0.25) is 4.79 Å². The minimum atomic E-state index is -0.128. The number of aryl methyl sites for hydroxylation is 3. The molecule has 0 fully saturated rings. The molecule has 25 heavy (non-hydrogen) atoms. The molecule has 6 heteroatoms. The van der Waals surface area contributed by atoms with Crippen LogP contribution in [0.5, 0.6) is 0 Å². The Balaban J connectivity index is 1.76. The Morgan fingerprint density at radius 3 is 2.68 bits per heavy atom. The normalized spacial score (nSPS) is 10.7. The van der Waals surface area contributed by atoms with Crippen molar-refractivity contribution in [3.05, 3.63) is 70.9 Å². The molecule has 1 N–H and O–H groups in total. The molecule has 1 heterocycles. The second-order valence-corrected chi connectivity index (χ2v) is 6.81. The number of nitrogens with one attached hydrogen (secondary N) is 1. The van der Waals surface area contributed by atoms with Crippen molar-refractivity contribution in [2.45, 2.75) is 31.4 Å². The average Bonchev–Trinajstić information content (AvgIpc) is 3.01. The molecule has 3 aromatic rings. The average molecular weight is 353 g/mol. The maximum atomic E-state index is 12.7. The Labute approximate surface area is 150 Å². The van der Waals surface area contributed by atoms with Crippen LogP contribution in [0.3, 0.4) is 0 Å². The second-order valence-electron chi connectivity index (χ2n) is 5.79. The third kappa shape index (κ3) is 4.28. The highest BCUT2D eigenvalue weighted by Crippen LogP contribution is 2.27. The highest BCUT2D eigenvalue weighted by Gasteiger charge is 2.14. The van der Waals surface area contributed by atoms with Gasteiger partial charge in [0.05, 0.1) is 11.3 Å². The first kappa shape index (κ1) is 17.2. The number of nitrogens with zero attached hydrogens (tertiary/aromatic N) is 2. The molecule has 0 saturated carbocycles. The molecule has 0 aliphatic carbocycles. The maximum absolute atomic E-state index is 12.7. The molecule has 0 unspecified atom stereocenters. The molecule has 0 radical (unpaired) electrons. The van der Waals surface area contributed by atoms with Gasteiger partial charge in [0.1, 0.15) is 0 Å². The standard InChI is InChI=1S/C19H19N3O2S/c1-12-8-9-16(13(2)10-12)21-19(23)15-6-4-5-7-17(15)25-11-18-20-14(3)22-24-18/h4-10H,11H2,1-3H3,(H,21,23). The molecule has 0 atom stereocenters. The largest absolute Gasteiger partial charge is 0.338 e. The first-order valence-electron chi connectivity index (χ1n) is 7.92. The van der Waals surface area contributed by atoms with E-state index in [-0.39, 0.29) is 5.91 Å². The summed E-state index contributed by atoms with van der Waals surface area (Å²) in [4.78, 5) is 17.8. The molecule has 1 amide bonds. The fourth-order valence-electron chi connectivity index (χ4n) is 2.46. The van der Waals surface area contributed by atoms with Crippen molar-refractivity contribution in [1.29, 1.82) is 0 Å². The number of anilines is 1. The van der Waals surface area contributed by atoms with Gasteiger partial charge in [0, 0.05) is 10.6 Å². The van der Waals surface area contributed by atoms with Gasteiger partial charge in [-0.2, -0.15) is 4.98 Å². The Morgan fingerprint density at radius 1 is 1.16 bits per heavy atom. The Kier molecular flexibility index (Phi) is 5.19. The number of thioether (sulfide) groups is 1. The van der Waals surface area contributed by atoms with Gasteiger partial charge in [0.25, 0.3) is 5.91 Å². The van der Waals surface area contributed by atoms with Crippen molar-refractivity contribution in [1.82, 2.24) is 10.1 Å². The van der Waals surface area contributed by atoms with Crippen LogP contribution in [0.1, 0.15) is 33.2 Å². The van der Waals surface area contributed by atoms with E-state index in [0.29, 0.717) is 23.0 Å². The fraction of sp³-hybridized carbons (Fsp3) is 0.211. The molecular formula is C19H19N3O2S. The van der Waals surface area contributed by atoms with E-state index in [1.807, 2.05) is 56.3 Å². The van der Waals surface area contributed by atoms with E-state index in [4.69, 9.17) is 4.52 Å². The number of benzene rings is 2. The third-order valence-corrected chi connectivity index (χ3v) is 4.74. The lowest BCUT2D eigenvalue weighted by Gasteiger charge is -2.11. The molecule has 3 rings (SSSR count). The topological polar surface area (TPSA) is 68.0 Å². The summed E-state index contributed by atoms with van der Waals surface area (Å²) in [6.07, 6.45) is 0. The van der Waals surface area contributed by atoms with E-state index in [2.05, 4.69) is 15.5 Å². The van der Waals surface area contributed by atoms with Crippen molar-refractivity contribution < 1.29 is 9.32 Å². The Bertz CT molecular complexity index is 905. The van der Waals surface area contributed by atoms with E-state index < -0.39 is 0 Å². The lowest BCUT2D eigenvalue weighted by molar-refractivity contribution is 0.102. The molecule has 0 aliphatic heterocycles. The van der Waals surface area contributed by atoms with Gasteiger partial charge in [-0.1, -0.05) is 35.0 Å². The van der Waals surface area contributed by atoms with E-state index in [1.54, 1.807) is 6.92 Å². The van der Waals surface area contributed by atoms with Crippen molar-refractivity contribution in [3.63, 3.8) is 0 Å². The number of aromatic nitrogens is 2. The predicted octanol–water partition coefficient (Wildman–Crippen LogP) is 4.54. The lowest BCUT2D eigenvalue weighted by atomic mass is 10.1. The molecule has 5 nitrogen and oxygen atoms in total. The number of hydrogen-bond donors (Lipinski definition) is 1. The highest BCUT2D eigenvalue weighted by atomic mass is 32.2.